The van der Waals surface area contributed by atoms with Gasteiger partial charge in [0.25, 0.3) is 0 Å². The Morgan fingerprint density at radius 1 is 1.40 bits per heavy atom. The van der Waals surface area contributed by atoms with E-state index in [1.807, 2.05) is 23.1 Å². The molecule has 1 fully saturated rings. The van der Waals surface area contributed by atoms with Crippen LogP contribution >= 0.6 is 0 Å². The topological polar surface area (TPSA) is 47.1 Å². The molecular formula is C11H20N4. The maximum atomic E-state index is 6.19. The van der Waals surface area contributed by atoms with Crippen LogP contribution in [-0.2, 0) is 6.54 Å². The predicted octanol–water partition coefficient (Wildman–Crippen LogP) is 0.696. The van der Waals surface area contributed by atoms with Gasteiger partial charge in [-0.25, -0.2) is 0 Å². The van der Waals surface area contributed by atoms with Gasteiger partial charge in [-0.3, -0.25) is 9.58 Å². The molecule has 1 aromatic rings. The van der Waals surface area contributed by atoms with Gasteiger partial charge in [-0.1, -0.05) is 13.3 Å². The Morgan fingerprint density at radius 3 is 2.80 bits per heavy atom. The summed E-state index contributed by atoms with van der Waals surface area (Å²) in [5, 5.41) is 4.18. The molecule has 0 unspecified atom stereocenters. The second kappa shape index (κ2) is 4.33. The van der Waals surface area contributed by atoms with Gasteiger partial charge in [-0.15, -0.1) is 0 Å². The lowest BCUT2D eigenvalue weighted by Gasteiger charge is -2.48. The van der Waals surface area contributed by atoms with Gasteiger partial charge in [-0.2, -0.15) is 5.10 Å². The van der Waals surface area contributed by atoms with Crippen LogP contribution in [0.25, 0.3) is 0 Å². The van der Waals surface area contributed by atoms with Crippen molar-refractivity contribution in [2.75, 3.05) is 19.6 Å². The molecule has 2 N–H and O–H groups in total. The Kier molecular flexibility index (Phi) is 3.07. The minimum Gasteiger partial charge on any atom is -0.323 e. The van der Waals surface area contributed by atoms with Crippen LogP contribution < -0.4 is 5.73 Å². The number of rotatable bonds is 5. The predicted molar refractivity (Wildman–Crippen MR) is 60.5 cm³/mol. The van der Waals surface area contributed by atoms with Crippen LogP contribution in [0, 0.1) is 0 Å². The molecule has 0 radical (unpaired) electrons. The summed E-state index contributed by atoms with van der Waals surface area (Å²) in [6.45, 7) is 6.31. The van der Waals surface area contributed by atoms with Crippen molar-refractivity contribution in [2.24, 2.45) is 5.73 Å². The molecule has 4 heteroatoms. The van der Waals surface area contributed by atoms with E-state index in [-0.39, 0.29) is 5.54 Å². The SMILES string of the molecule is CCCC1(N)CN(CCn2cccn2)C1. The number of aromatic nitrogens is 2. The van der Waals surface area contributed by atoms with Crippen molar-refractivity contribution >= 4 is 0 Å². The first kappa shape index (κ1) is 10.6. The minimum absolute atomic E-state index is 0.0961. The fourth-order valence-corrected chi connectivity index (χ4v) is 2.34. The zero-order valence-corrected chi connectivity index (χ0v) is 9.39. The van der Waals surface area contributed by atoms with Crippen molar-refractivity contribution in [3.63, 3.8) is 0 Å². The van der Waals surface area contributed by atoms with E-state index in [0.29, 0.717) is 0 Å². The van der Waals surface area contributed by atoms with Gasteiger partial charge in [0.05, 0.1) is 6.54 Å². The van der Waals surface area contributed by atoms with Gasteiger partial charge in [0, 0.05) is 37.6 Å². The standard InChI is InChI=1S/C11H20N4/c1-2-4-11(12)9-14(10-11)7-8-15-6-3-5-13-15/h3,5-6H,2,4,7-10,12H2,1H3. The number of likely N-dealkylation sites (tertiary alicyclic amines) is 1. The average Bonchev–Trinajstić information content (AvgIpc) is 2.64. The minimum atomic E-state index is 0.0961. The summed E-state index contributed by atoms with van der Waals surface area (Å²) >= 11 is 0. The smallest absolute Gasteiger partial charge is 0.0536 e. The fourth-order valence-electron chi connectivity index (χ4n) is 2.34. The van der Waals surface area contributed by atoms with Crippen molar-refractivity contribution < 1.29 is 0 Å². The lowest BCUT2D eigenvalue weighted by molar-refractivity contribution is 0.0598. The van der Waals surface area contributed by atoms with Crippen LogP contribution in [0.1, 0.15) is 19.8 Å². The average molecular weight is 208 g/mol. The van der Waals surface area contributed by atoms with Gasteiger partial charge in [-0.05, 0) is 12.5 Å². The Bertz CT molecular complexity index is 288. The molecule has 1 aliphatic rings. The summed E-state index contributed by atoms with van der Waals surface area (Å²) in [6, 6.07) is 1.96. The van der Waals surface area contributed by atoms with Crippen molar-refractivity contribution in [2.45, 2.75) is 31.8 Å². The van der Waals surface area contributed by atoms with E-state index in [4.69, 9.17) is 5.73 Å². The molecule has 2 rings (SSSR count). The molecule has 84 valence electrons. The van der Waals surface area contributed by atoms with Gasteiger partial charge in [0.15, 0.2) is 0 Å². The second-order valence-electron chi connectivity index (χ2n) is 4.59. The van der Waals surface area contributed by atoms with Crippen LogP contribution in [0.15, 0.2) is 18.5 Å². The highest BCUT2D eigenvalue weighted by Crippen LogP contribution is 2.22. The molecule has 0 amide bonds. The Morgan fingerprint density at radius 2 is 2.20 bits per heavy atom. The van der Waals surface area contributed by atoms with E-state index in [0.717, 1.165) is 32.6 Å². The van der Waals surface area contributed by atoms with E-state index in [2.05, 4.69) is 16.9 Å². The first-order valence-corrected chi connectivity index (χ1v) is 5.70. The van der Waals surface area contributed by atoms with E-state index < -0.39 is 0 Å². The van der Waals surface area contributed by atoms with Gasteiger partial charge in [0.2, 0.25) is 0 Å². The highest BCUT2D eigenvalue weighted by molar-refractivity contribution is 4.99. The molecule has 0 atom stereocenters. The molecule has 15 heavy (non-hydrogen) atoms. The highest BCUT2D eigenvalue weighted by Gasteiger charge is 2.37. The Labute approximate surface area is 91.1 Å². The maximum Gasteiger partial charge on any atom is 0.0536 e. The number of nitrogens with zero attached hydrogens (tertiary/aromatic N) is 3. The third kappa shape index (κ3) is 2.58. The monoisotopic (exact) mass is 208 g/mol. The zero-order valence-electron chi connectivity index (χ0n) is 9.39. The maximum absolute atomic E-state index is 6.19. The summed E-state index contributed by atoms with van der Waals surface area (Å²) in [6.07, 6.45) is 6.15. The van der Waals surface area contributed by atoms with E-state index in [9.17, 15) is 0 Å². The third-order valence-electron chi connectivity index (χ3n) is 3.03. The van der Waals surface area contributed by atoms with Crippen LogP contribution in [0.4, 0.5) is 0 Å². The molecule has 2 heterocycles. The molecular weight excluding hydrogens is 188 g/mol. The fraction of sp³-hybridized carbons (Fsp3) is 0.727. The van der Waals surface area contributed by atoms with Gasteiger partial charge < -0.3 is 5.73 Å². The first-order valence-electron chi connectivity index (χ1n) is 5.70. The van der Waals surface area contributed by atoms with Crippen molar-refractivity contribution in [1.29, 1.82) is 0 Å². The van der Waals surface area contributed by atoms with Gasteiger partial charge in [0.1, 0.15) is 0 Å². The second-order valence-corrected chi connectivity index (χ2v) is 4.59. The Balaban J connectivity index is 1.68. The summed E-state index contributed by atoms with van der Waals surface area (Å²) < 4.78 is 1.97. The van der Waals surface area contributed by atoms with Crippen LogP contribution in [-0.4, -0.2) is 39.9 Å². The van der Waals surface area contributed by atoms with Crippen molar-refractivity contribution in [1.82, 2.24) is 14.7 Å². The van der Waals surface area contributed by atoms with E-state index >= 15 is 0 Å². The molecule has 1 aliphatic heterocycles. The Hall–Kier alpha value is -0.870. The molecule has 1 saturated heterocycles. The number of hydrogen-bond donors (Lipinski definition) is 1. The number of nitrogens with two attached hydrogens (primary N) is 1. The van der Waals surface area contributed by atoms with Crippen molar-refractivity contribution in [3.05, 3.63) is 18.5 Å². The first-order chi connectivity index (χ1) is 7.22. The quantitative estimate of drug-likeness (QED) is 0.774. The molecule has 1 aromatic heterocycles. The highest BCUT2D eigenvalue weighted by atomic mass is 15.3. The molecule has 0 aromatic carbocycles. The zero-order chi connectivity index (χ0) is 10.7. The third-order valence-corrected chi connectivity index (χ3v) is 3.03. The summed E-state index contributed by atoms with van der Waals surface area (Å²) in [7, 11) is 0. The largest absolute Gasteiger partial charge is 0.323 e. The van der Waals surface area contributed by atoms with Crippen LogP contribution in [0.2, 0.25) is 0 Å². The van der Waals surface area contributed by atoms with Crippen molar-refractivity contribution in [3.8, 4) is 0 Å². The normalized spacial score (nSPS) is 20.1. The molecule has 0 spiro atoms. The number of hydrogen-bond acceptors (Lipinski definition) is 3. The summed E-state index contributed by atoms with van der Waals surface area (Å²) in [5.41, 5.74) is 6.28. The lowest BCUT2D eigenvalue weighted by Crippen LogP contribution is -2.67. The van der Waals surface area contributed by atoms with E-state index in [1.54, 1.807) is 0 Å². The van der Waals surface area contributed by atoms with Gasteiger partial charge >= 0.3 is 0 Å². The summed E-state index contributed by atoms with van der Waals surface area (Å²) in [4.78, 5) is 2.40. The van der Waals surface area contributed by atoms with E-state index in [1.165, 1.54) is 6.42 Å². The van der Waals surface area contributed by atoms with Crippen LogP contribution in [0.5, 0.6) is 0 Å². The molecule has 0 aliphatic carbocycles. The molecule has 4 nitrogen and oxygen atoms in total. The van der Waals surface area contributed by atoms with Crippen LogP contribution in [0.3, 0.4) is 0 Å². The summed E-state index contributed by atoms with van der Waals surface area (Å²) in [5.74, 6) is 0. The molecule has 0 bridgehead atoms. The lowest BCUT2D eigenvalue weighted by atomic mass is 9.86. The molecule has 0 saturated carbocycles.